The molecule has 106 valence electrons. The first-order valence-electron chi connectivity index (χ1n) is 6.38. The summed E-state index contributed by atoms with van der Waals surface area (Å²) in [5.41, 5.74) is 6.77. The van der Waals surface area contributed by atoms with Crippen LogP contribution < -0.4 is 10.6 Å². The molecule has 1 atom stereocenters. The summed E-state index contributed by atoms with van der Waals surface area (Å²) in [5.74, 6) is -0.361. The Kier molecular flexibility index (Phi) is 5.69. The topological polar surface area (TPSA) is 32.5 Å². The van der Waals surface area contributed by atoms with Crippen molar-refractivity contribution < 1.29 is 4.39 Å². The van der Waals surface area contributed by atoms with E-state index in [0.29, 0.717) is 5.56 Å². The van der Waals surface area contributed by atoms with Crippen LogP contribution in [0, 0.1) is 5.82 Å². The van der Waals surface area contributed by atoms with Crippen molar-refractivity contribution in [3.8, 4) is 0 Å². The number of nitrogens with zero attached hydrogens (tertiary/aromatic N) is 2. The number of likely N-dealkylation sites (N-methyl/N-ethyl adjacent to an activating group) is 2. The summed E-state index contributed by atoms with van der Waals surface area (Å²) in [5, 5.41) is 0. The number of hydrogen-bond donors (Lipinski definition) is 1. The fourth-order valence-electron chi connectivity index (χ4n) is 2.34. The Hall–Kier alpha value is -1.20. The monoisotopic (exact) mass is 283 g/mol. The largest absolute Gasteiger partial charge is 0.389 e. The van der Waals surface area contributed by atoms with Crippen molar-refractivity contribution in [1.29, 1.82) is 0 Å². The van der Waals surface area contributed by atoms with Crippen LogP contribution in [-0.4, -0.2) is 43.1 Å². The first kappa shape index (κ1) is 15.9. The minimum Gasteiger partial charge on any atom is -0.389 e. The van der Waals surface area contributed by atoms with Gasteiger partial charge in [-0.1, -0.05) is 18.3 Å². The second kappa shape index (κ2) is 6.82. The van der Waals surface area contributed by atoms with Crippen LogP contribution in [0.2, 0.25) is 0 Å². The molecule has 0 fully saturated rings. The molecule has 0 bridgehead atoms. The molecule has 3 nitrogen and oxygen atoms in total. The van der Waals surface area contributed by atoms with E-state index in [0.717, 1.165) is 18.8 Å². The minimum atomic E-state index is -0.361. The molecule has 5 heteroatoms. The smallest absolute Gasteiger partial charge is 0.135 e. The summed E-state index contributed by atoms with van der Waals surface area (Å²) < 4.78 is 13.9. The highest BCUT2D eigenvalue weighted by Gasteiger charge is 2.20. The van der Waals surface area contributed by atoms with Gasteiger partial charge in [-0.2, -0.15) is 0 Å². The number of benzene rings is 1. The van der Waals surface area contributed by atoms with E-state index in [1.807, 2.05) is 27.1 Å². The zero-order valence-electron chi connectivity index (χ0n) is 12.0. The predicted molar refractivity (Wildman–Crippen MR) is 83.3 cm³/mol. The number of anilines is 1. The van der Waals surface area contributed by atoms with E-state index in [1.54, 1.807) is 6.07 Å². The Labute approximate surface area is 120 Å². The lowest BCUT2D eigenvalue weighted by atomic mass is 10.1. The quantitative estimate of drug-likeness (QED) is 0.812. The van der Waals surface area contributed by atoms with Crippen LogP contribution in [0.1, 0.15) is 19.4 Å². The van der Waals surface area contributed by atoms with Gasteiger partial charge in [0.2, 0.25) is 0 Å². The van der Waals surface area contributed by atoms with Gasteiger partial charge < -0.3 is 15.5 Å². The maximum atomic E-state index is 13.9. The molecule has 1 rings (SSSR count). The van der Waals surface area contributed by atoms with Gasteiger partial charge in [-0.25, -0.2) is 4.39 Å². The summed E-state index contributed by atoms with van der Waals surface area (Å²) in [7, 11) is 4.04. The van der Waals surface area contributed by atoms with Gasteiger partial charge in [0.25, 0.3) is 0 Å². The molecule has 19 heavy (non-hydrogen) atoms. The standard InChI is InChI=1S/C14H22FN3S/c1-5-18(10(2)9-17(3)4)12-8-6-7-11(15)13(12)14(16)19/h6-8,10H,5,9H2,1-4H3,(H2,16,19). The van der Waals surface area contributed by atoms with Gasteiger partial charge >= 0.3 is 0 Å². The second-order valence-corrected chi connectivity index (χ2v) is 5.34. The molecule has 1 aromatic rings. The predicted octanol–water partition coefficient (Wildman–Crippen LogP) is 2.24. The summed E-state index contributed by atoms with van der Waals surface area (Å²) in [6, 6.07) is 5.20. The Morgan fingerprint density at radius 1 is 1.42 bits per heavy atom. The minimum absolute atomic E-state index is 0.101. The summed E-state index contributed by atoms with van der Waals surface area (Å²) in [6.07, 6.45) is 0. The highest BCUT2D eigenvalue weighted by Crippen LogP contribution is 2.25. The molecule has 0 aliphatic rings. The number of thiocarbonyl (C=S) groups is 1. The van der Waals surface area contributed by atoms with Gasteiger partial charge in [-0.05, 0) is 40.1 Å². The van der Waals surface area contributed by atoms with E-state index >= 15 is 0 Å². The average molecular weight is 283 g/mol. The average Bonchev–Trinajstić information content (AvgIpc) is 2.28. The number of nitrogens with two attached hydrogens (primary N) is 1. The van der Waals surface area contributed by atoms with Crippen molar-refractivity contribution in [2.45, 2.75) is 19.9 Å². The van der Waals surface area contributed by atoms with Gasteiger partial charge in [-0.15, -0.1) is 0 Å². The molecule has 0 aromatic heterocycles. The molecule has 0 spiro atoms. The molecular weight excluding hydrogens is 261 g/mol. The number of halogens is 1. The molecule has 0 saturated carbocycles. The first-order valence-corrected chi connectivity index (χ1v) is 6.79. The lowest BCUT2D eigenvalue weighted by Gasteiger charge is -2.33. The lowest BCUT2D eigenvalue weighted by Crippen LogP contribution is -2.41. The first-order chi connectivity index (χ1) is 8.88. The van der Waals surface area contributed by atoms with E-state index < -0.39 is 0 Å². The van der Waals surface area contributed by atoms with Crippen molar-refractivity contribution in [3.63, 3.8) is 0 Å². The molecule has 0 aliphatic carbocycles. The maximum absolute atomic E-state index is 13.9. The van der Waals surface area contributed by atoms with Crippen LogP contribution in [0.5, 0.6) is 0 Å². The fraction of sp³-hybridized carbons (Fsp3) is 0.500. The maximum Gasteiger partial charge on any atom is 0.135 e. The van der Waals surface area contributed by atoms with Gasteiger partial charge in [0.15, 0.2) is 0 Å². The Balaban J connectivity index is 3.18. The van der Waals surface area contributed by atoms with E-state index in [-0.39, 0.29) is 16.8 Å². The second-order valence-electron chi connectivity index (χ2n) is 4.90. The summed E-state index contributed by atoms with van der Waals surface area (Å²) in [4.78, 5) is 4.33. The van der Waals surface area contributed by atoms with E-state index in [4.69, 9.17) is 18.0 Å². The van der Waals surface area contributed by atoms with Crippen LogP contribution in [0.15, 0.2) is 18.2 Å². The van der Waals surface area contributed by atoms with Crippen molar-refractivity contribution in [3.05, 3.63) is 29.6 Å². The SMILES string of the molecule is CCN(c1cccc(F)c1C(N)=S)C(C)CN(C)C. The van der Waals surface area contributed by atoms with E-state index in [2.05, 4.69) is 16.7 Å². The van der Waals surface area contributed by atoms with Crippen LogP contribution in [0.25, 0.3) is 0 Å². The molecule has 0 amide bonds. The van der Waals surface area contributed by atoms with Crippen LogP contribution >= 0.6 is 12.2 Å². The van der Waals surface area contributed by atoms with E-state index in [1.165, 1.54) is 6.07 Å². The Morgan fingerprint density at radius 3 is 2.53 bits per heavy atom. The van der Waals surface area contributed by atoms with Crippen molar-refractivity contribution in [2.75, 3.05) is 32.1 Å². The molecule has 0 saturated heterocycles. The normalized spacial score (nSPS) is 12.5. The van der Waals surface area contributed by atoms with Gasteiger partial charge in [0, 0.05) is 19.1 Å². The molecule has 1 aromatic carbocycles. The molecule has 0 heterocycles. The van der Waals surface area contributed by atoms with Crippen molar-refractivity contribution >= 4 is 22.9 Å². The third kappa shape index (κ3) is 3.88. The summed E-state index contributed by atoms with van der Waals surface area (Å²) in [6.45, 7) is 5.80. The zero-order valence-corrected chi connectivity index (χ0v) is 12.8. The molecule has 1 unspecified atom stereocenters. The van der Waals surface area contributed by atoms with Crippen LogP contribution in [-0.2, 0) is 0 Å². The fourth-order valence-corrected chi connectivity index (χ4v) is 2.54. The third-order valence-electron chi connectivity index (χ3n) is 3.05. The molecule has 0 radical (unpaired) electrons. The van der Waals surface area contributed by atoms with Crippen molar-refractivity contribution in [2.24, 2.45) is 5.73 Å². The highest BCUT2D eigenvalue weighted by atomic mass is 32.1. The van der Waals surface area contributed by atoms with Crippen LogP contribution in [0.3, 0.4) is 0 Å². The van der Waals surface area contributed by atoms with Crippen molar-refractivity contribution in [1.82, 2.24) is 4.90 Å². The Bertz CT molecular complexity index is 448. The number of rotatable bonds is 6. The molecule has 2 N–H and O–H groups in total. The number of hydrogen-bond acceptors (Lipinski definition) is 3. The van der Waals surface area contributed by atoms with Crippen LogP contribution in [0.4, 0.5) is 10.1 Å². The third-order valence-corrected chi connectivity index (χ3v) is 3.25. The molecule has 0 aliphatic heterocycles. The highest BCUT2D eigenvalue weighted by molar-refractivity contribution is 7.80. The van der Waals surface area contributed by atoms with Gasteiger partial charge in [-0.3, -0.25) is 0 Å². The molecular formula is C14H22FN3S. The zero-order chi connectivity index (χ0) is 14.6. The summed E-state index contributed by atoms with van der Waals surface area (Å²) >= 11 is 4.98. The lowest BCUT2D eigenvalue weighted by molar-refractivity contribution is 0.373. The Morgan fingerprint density at radius 2 is 2.05 bits per heavy atom. The van der Waals surface area contributed by atoms with Gasteiger partial charge in [0.1, 0.15) is 10.8 Å². The van der Waals surface area contributed by atoms with E-state index in [9.17, 15) is 4.39 Å². The van der Waals surface area contributed by atoms with Gasteiger partial charge in [0.05, 0.1) is 11.3 Å².